The third-order valence-corrected chi connectivity index (χ3v) is 6.74. The van der Waals surface area contributed by atoms with Crippen LogP contribution in [0.15, 0.2) is 24.3 Å². The minimum Gasteiger partial charge on any atom is -0.381 e. The standard InChI is InChI=1S/C23H34N2O3/c26-23(20-8-6-19(7-9-20)18-4-2-1-3-5-18)24-16-22(21-10-13-28-17-21)25-11-14-27-15-12-25/h6-9,18,21-22H,1-5,10-17H2,(H,24,26). The summed E-state index contributed by atoms with van der Waals surface area (Å²) in [5.74, 6) is 1.21. The van der Waals surface area contributed by atoms with E-state index >= 15 is 0 Å². The summed E-state index contributed by atoms with van der Waals surface area (Å²) in [7, 11) is 0. The lowest BCUT2D eigenvalue weighted by Crippen LogP contribution is -2.52. The molecule has 5 heteroatoms. The van der Waals surface area contributed by atoms with Gasteiger partial charge >= 0.3 is 0 Å². The molecule has 0 radical (unpaired) electrons. The van der Waals surface area contributed by atoms with Gasteiger partial charge in [-0.2, -0.15) is 0 Å². The number of rotatable bonds is 6. The molecule has 28 heavy (non-hydrogen) atoms. The third kappa shape index (κ3) is 4.94. The SMILES string of the molecule is O=C(NCC(C1CCOC1)N1CCOCC1)c1ccc(C2CCCCC2)cc1. The highest BCUT2D eigenvalue weighted by Gasteiger charge is 2.31. The van der Waals surface area contributed by atoms with Gasteiger partial charge in [0.25, 0.3) is 5.91 Å². The molecule has 2 unspecified atom stereocenters. The average molecular weight is 387 g/mol. The van der Waals surface area contributed by atoms with Crippen molar-refractivity contribution in [3.8, 4) is 0 Å². The summed E-state index contributed by atoms with van der Waals surface area (Å²) in [6.45, 7) is 5.74. The van der Waals surface area contributed by atoms with Gasteiger partial charge in [-0.3, -0.25) is 9.69 Å². The van der Waals surface area contributed by atoms with E-state index in [4.69, 9.17) is 9.47 Å². The van der Waals surface area contributed by atoms with Gasteiger partial charge in [-0.25, -0.2) is 0 Å². The first-order valence-electron chi connectivity index (χ1n) is 11.1. The Balaban J connectivity index is 1.34. The molecule has 3 fully saturated rings. The second-order valence-electron chi connectivity index (χ2n) is 8.51. The van der Waals surface area contributed by atoms with Gasteiger partial charge in [0.1, 0.15) is 0 Å². The van der Waals surface area contributed by atoms with Crippen molar-refractivity contribution in [2.45, 2.75) is 50.5 Å². The van der Waals surface area contributed by atoms with Crippen molar-refractivity contribution in [3.63, 3.8) is 0 Å². The Bertz CT molecular complexity index is 615. The maximum absolute atomic E-state index is 12.7. The lowest BCUT2D eigenvalue weighted by Gasteiger charge is -2.37. The number of benzene rings is 1. The summed E-state index contributed by atoms with van der Waals surface area (Å²) in [6, 6.07) is 8.66. The number of nitrogens with one attached hydrogen (secondary N) is 1. The number of nitrogens with zero attached hydrogens (tertiary/aromatic N) is 1. The monoisotopic (exact) mass is 386 g/mol. The number of carbonyl (C=O) groups is 1. The van der Waals surface area contributed by atoms with Gasteiger partial charge in [0, 0.05) is 43.8 Å². The Morgan fingerprint density at radius 2 is 1.75 bits per heavy atom. The van der Waals surface area contributed by atoms with Gasteiger partial charge in [-0.1, -0.05) is 31.4 Å². The van der Waals surface area contributed by atoms with E-state index in [0.29, 0.717) is 24.4 Å². The molecule has 1 aliphatic carbocycles. The molecule has 4 rings (SSSR count). The van der Waals surface area contributed by atoms with Crippen LogP contribution in [0.4, 0.5) is 0 Å². The van der Waals surface area contributed by atoms with Gasteiger partial charge in [-0.05, 0) is 42.9 Å². The lowest BCUT2D eigenvalue weighted by molar-refractivity contribution is 0.00166. The molecule has 0 spiro atoms. The molecule has 154 valence electrons. The minimum atomic E-state index is 0.0346. The second-order valence-corrected chi connectivity index (χ2v) is 8.51. The highest BCUT2D eigenvalue weighted by atomic mass is 16.5. The van der Waals surface area contributed by atoms with Crippen molar-refractivity contribution in [2.75, 3.05) is 46.1 Å². The van der Waals surface area contributed by atoms with Crippen LogP contribution in [0.3, 0.4) is 0 Å². The van der Waals surface area contributed by atoms with Crippen LogP contribution < -0.4 is 5.32 Å². The number of carbonyl (C=O) groups excluding carboxylic acids is 1. The zero-order chi connectivity index (χ0) is 19.2. The Morgan fingerprint density at radius 1 is 1.00 bits per heavy atom. The zero-order valence-electron chi connectivity index (χ0n) is 16.9. The first-order chi connectivity index (χ1) is 13.8. The number of hydrogen-bond acceptors (Lipinski definition) is 4. The molecular formula is C23H34N2O3. The van der Waals surface area contributed by atoms with Crippen LogP contribution in [-0.4, -0.2) is 62.9 Å². The maximum Gasteiger partial charge on any atom is 0.251 e. The Morgan fingerprint density at radius 3 is 2.43 bits per heavy atom. The van der Waals surface area contributed by atoms with Gasteiger partial charge in [0.05, 0.1) is 19.8 Å². The Hall–Kier alpha value is -1.43. The number of morpholine rings is 1. The number of hydrogen-bond donors (Lipinski definition) is 1. The Labute approximate surface area is 168 Å². The van der Waals surface area contributed by atoms with Crippen LogP contribution in [0.25, 0.3) is 0 Å². The van der Waals surface area contributed by atoms with E-state index in [9.17, 15) is 4.79 Å². The van der Waals surface area contributed by atoms with E-state index in [-0.39, 0.29) is 5.91 Å². The van der Waals surface area contributed by atoms with Gasteiger partial charge < -0.3 is 14.8 Å². The van der Waals surface area contributed by atoms with Gasteiger partial charge in [0.15, 0.2) is 0 Å². The average Bonchev–Trinajstić information content (AvgIpc) is 3.30. The predicted octanol–water partition coefficient (Wildman–Crippen LogP) is 3.20. The van der Waals surface area contributed by atoms with Crippen molar-refractivity contribution in [1.82, 2.24) is 10.2 Å². The molecule has 1 aromatic rings. The fourth-order valence-corrected chi connectivity index (χ4v) is 5.00. The van der Waals surface area contributed by atoms with E-state index in [1.807, 2.05) is 12.1 Å². The summed E-state index contributed by atoms with van der Waals surface area (Å²) >= 11 is 0. The van der Waals surface area contributed by atoms with E-state index in [2.05, 4.69) is 22.3 Å². The second kappa shape index (κ2) is 9.86. The van der Waals surface area contributed by atoms with Crippen molar-refractivity contribution in [1.29, 1.82) is 0 Å². The van der Waals surface area contributed by atoms with E-state index < -0.39 is 0 Å². The summed E-state index contributed by atoms with van der Waals surface area (Å²) < 4.78 is 11.1. The number of amides is 1. The largest absolute Gasteiger partial charge is 0.381 e. The van der Waals surface area contributed by atoms with Crippen molar-refractivity contribution < 1.29 is 14.3 Å². The Kier molecular flexibility index (Phi) is 7.00. The molecule has 1 aromatic carbocycles. The van der Waals surface area contributed by atoms with Crippen LogP contribution in [0.1, 0.15) is 60.4 Å². The van der Waals surface area contributed by atoms with Gasteiger partial charge in [0.2, 0.25) is 0 Å². The predicted molar refractivity (Wildman–Crippen MR) is 110 cm³/mol. The maximum atomic E-state index is 12.7. The third-order valence-electron chi connectivity index (χ3n) is 6.74. The first-order valence-corrected chi connectivity index (χ1v) is 11.1. The molecule has 5 nitrogen and oxygen atoms in total. The highest BCUT2D eigenvalue weighted by molar-refractivity contribution is 5.94. The van der Waals surface area contributed by atoms with Crippen LogP contribution in [0.5, 0.6) is 0 Å². The van der Waals surface area contributed by atoms with E-state index in [1.165, 1.54) is 37.7 Å². The molecule has 2 aliphatic heterocycles. The molecule has 1 amide bonds. The summed E-state index contributed by atoms with van der Waals surface area (Å²) in [5.41, 5.74) is 2.16. The smallest absolute Gasteiger partial charge is 0.251 e. The van der Waals surface area contributed by atoms with Crippen LogP contribution in [-0.2, 0) is 9.47 Å². The zero-order valence-corrected chi connectivity index (χ0v) is 16.9. The summed E-state index contributed by atoms with van der Waals surface area (Å²) in [4.78, 5) is 15.2. The molecular weight excluding hydrogens is 352 g/mol. The quantitative estimate of drug-likeness (QED) is 0.816. The molecule has 2 saturated heterocycles. The molecule has 1 N–H and O–H groups in total. The van der Waals surface area contributed by atoms with E-state index in [1.54, 1.807) is 0 Å². The molecule has 0 bridgehead atoms. The fourth-order valence-electron chi connectivity index (χ4n) is 5.00. The minimum absolute atomic E-state index is 0.0346. The molecule has 3 aliphatic rings. The van der Waals surface area contributed by atoms with Crippen molar-refractivity contribution in [2.24, 2.45) is 5.92 Å². The normalized spacial score (nSPS) is 25.5. The summed E-state index contributed by atoms with van der Waals surface area (Å²) in [5, 5.41) is 3.20. The fraction of sp³-hybridized carbons (Fsp3) is 0.696. The van der Waals surface area contributed by atoms with Crippen LogP contribution in [0, 0.1) is 5.92 Å². The first kappa shape index (κ1) is 19.9. The topological polar surface area (TPSA) is 50.8 Å². The van der Waals surface area contributed by atoms with Crippen LogP contribution in [0.2, 0.25) is 0 Å². The lowest BCUT2D eigenvalue weighted by atomic mass is 9.84. The molecule has 2 atom stereocenters. The van der Waals surface area contributed by atoms with Crippen molar-refractivity contribution >= 4 is 5.91 Å². The summed E-state index contributed by atoms with van der Waals surface area (Å²) in [6.07, 6.45) is 7.69. The van der Waals surface area contributed by atoms with E-state index in [0.717, 1.165) is 51.5 Å². The van der Waals surface area contributed by atoms with Gasteiger partial charge in [-0.15, -0.1) is 0 Å². The molecule has 0 aromatic heterocycles. The molecule has 1 saturated carbocycles. The highest BCUT2D eigenvalue weighted by Crippen LogP contribution is 2.32. The van der Waals surface area contributed by atoms with Crippen molar-refractivity contribution in [3.05, 3.63) is 35.4 Å². The number of ether oxygens (including phenoxy) is 2. The van der Waals surface area contributed by atoms with Crippen LogP contribution >= 0.6 is 0 Å². The molecule has 2 heterocycles.